The minimum atomic E-state index is -4.85. The monoisotopic (exact) mass is 473 g/mol. The topological polar surface area (TPSA) is 148 Å². The summed E-state index contributed by atoms with van der Waals surface area (Å²) in [6.07, 6.45) is -5.97. The molecule has 4 N–H and O–H groups in total. The van der Waals surface area contributed by atoms with E-state index in [-0.39, 0.29) is 23.2 Å². The average Bonchev–Trinajstić information content (AvgIpc) is 3.21. The molecule has 0 saturated carbocycles. The standard InChI is InChI=1S/C19H18F3N3O6S/c1-17-6-12(30-32(28,29)8-24)18(2,31-17)14-13(17)15(26)25(16(14)27)10-4-3-9(7-23)11(5-10)19(20,21)22/h3-5,12,26-27H,6,8,24H2,1-2H3/t12-,17?,18?/m1/s1. The molecule has 172 valence electrons. The molecule has 1 fully saturated rings. The first-order chi connectivity index (χ1) is 14.7. The third kappa shape index (κ3) is 2.98. The van der Waals surface area contributed by atoms with Crippen LogP contribution in [0.3, 0.4) is 0 Å². The van der Waals surface area contributed by atoms with Crippen molar-refractivity contribution in [1.82, 2.24) is 4.57 Å². The molecule has 2 aliphatic rings. The minimum Gasteiger partial charge on any atom is -0.494 e. The predicted molar refractivity (Wildman–Crippen MR) is 102 cm³/mol. The average molecular weight is 473 g/mol. The molecule has 13 heteroatoms. The van der Waals surface area contributed by atoms with Gasteiger partial charge in [-0.1, -0.05) is 0 Å². The van der Waals surface area contributed by atoms with E-state index in [0.717, 1.165) is 16.7 Å². The van der Waals surface area contributed by atoms with Gasteiger partial charge in [0.1, 0.15) is 23.2 Å². The van der Waals surface area contributed by atoms with E-state index in [9.17, 15) is 31.8 Å². The largest absolute Gasteiger partial charge is 0.494 e. The van der Waals surface area contributed by atoms with E-state index in [4.69, 9.17) is 19.9 Å². The van der Waals surface area contributed by atoms with Crippen molar-refractivity contribution in [2.24, 2.45) is 5.73 Å². The number of nitriles is 1. The number of nitrogens with zero attached hydrogens (tertiary/aromatic N) is 2. The van der Waals surface area contributed by atoms with Crippen LogP contribution >= 0.6 is 0 Å². The van der Waals surface area contributed by atoms with E-state index in [1.54, 1.807) is 6.92 Å². The molecule has 3 atom stereocenters. The van der Waals surface area contributed by atoms with Gasteiger partial charge in [0.05, 0.1) is 34.0 Å². The summed E-state index contributed by atoms with van der Waals surface area (Å²) < 4.78 is 75.9. The normalized spacial score (nSPS) is 26.8. The van der Waals surface area contributed by atoms with Crippen molar-refractivity contribution in [3.63, 3.8) is 0 Å². The highest BCUT2D eigenvalue weighted by molar-refractivity contribution is 7.86. The van der Waals surface area contributed by atoms with E-state index in [1.165, 1.54) is 13.0 Å². The van der Waals surface area contributed by atoms with Gasteiger partial charge in [-0.15, -0.1) is 0 Å². The molecule has 32 heavy (non-hydrogen) atoms. The van der Waals surface area contributed by atoms with Crippen LogP contribution in [-0.4, -0.2) is 35.2 Å². The molecule has 2 aromatic rings. The number of alkyl halides is 3. The van der Waals surface area contributed by atoms with Crippen molar-refractivity contribution >= 4 is 10.1 Å². The molecule has 0 spiro atoms. The Labute approximate surface area is 180 Å². The lowest BCUT2D eigenvalue weighted by Gasteiger charge is -2.28. The second kappa shape index (κ2) is 6.61. The number of rotatable bonds is 4. The number of aromatic hydroxyl groups is 2. The number of benzene rings is 1. The van der Waals surface area contributed by atoms with E-state index in [2.05, 4.69) is 0 Å². The molecular weight excluding hydrogens is 455 g/mol. The fourth-order valence-corrected chi connectivity index (χ4v) is 5.28. The molecule has 0 aliphatic carbocycles. The second-order valence-electron chi connectivity index (χ2n) is 8.03. The lowest BCUT2D eigenvalue weighted by atomic mass is 9.78. The summed E-state index contributed by atoms with van der Waals surface area (Å²) >= 11 is 0. The van der Waals surface area contributed by atoms with Crippen molar-refractivity contribution in [2.75, 3.05) is 5.88 Å². The predicted octanol–water partition coefficient (Wildman–Crippen LogP) is 2.27. The third-order valence-corrected chi connectivity index (χ3v) is 6.86. The summed E-state index contributed by atoms with van der Waals surface area (Å²) in [5.41, 5.74) is 0.381. The van der Waals surface area contributed by atoms with Crippen molar-refractivity contribution in [2.45, 2.75) is 43.8 Å². The summed E-state index contributed by atoms with van der Waals surface area (Å²) in [6.45, 7) is 2.99. The van der Waals surface area contributed by atoms with E-state index in [0.29, 0.717) is 6.07 Å². The minimum absolute atomic E-state index is 0.00103. The highest BCUT2D eigenvalue weighted by atomic mass is 32.2. The Balaban J connectivity index is 1.90. The summed E-state index contributed by atoms with van der Waals surface area (Å²) in [6, 6.07) is 4.16. The summed E-state index contributed by atoms with van der Waals surface area (Å²) in [5.74, 6) is -1.99. The van der Waals surface area contributed by atoms with Crippen LogP contribution in [0.25, 0.3) is 5.69 Å². The molecule has 4 rings (SSSR count). The quantitative estimate of drug-likeness (QED) is 0.573. The molecule has 3 heterocycles. The molecule has 2 bridgehead atoms. The first kappa shape index (κ1) is 22.4. The molecule has 1 aromatic carbocycles. The van der Waals surface area contributed by atoms with Crippen molar-refractivity contribution in [3.05, 3.63) is 40.5 Å². The molecular formula is C19H18F3N3O6S. The Kier molecular flexibility index (Phi) is 4.63. The molecule has 2 aliphatic heterocycles. The van der Waals surface area contributed by atoms with Crippen LogP contribution in [0.2, 0.25) is 0 Å². The maximum atomic E-state index is 13.4. The van der Waals surface area contributed by atoms with Crippen LogP contribution in [0, 0.1) is 11.3 Å². The van der Waals surface area contributed by atoms with Gasteiger partial charge < -0.3 is 20.7 Å². The van der Waals surface area contributed by atoms with E-state index in [1.807, 2.05) is 0 Å². The fraction of sp³-hybridized carbons (Fsp3) is 0.421. The van der Waals surface area contributed by atoms with Gasteiger partial charge in [-0.3, -0.25) is 8.75 Å². The van der Waals surface area contributed by atoms with Crippen LogP contribution in [0.4, 0.5) is 13.2 Å². The Morgan fingerprint density at radius 1 is 1.31 bits per heavy atom. The smallest absolute Gasteiger partial charge is 0.417 e. The molecule has 1 aromatic heterocycles. The molecule has 9 nitrogen and oxygen atoms in total. The van der Waals surface area contributed by atoms with Gasteiger partial charge in [-0.2, -0.15) is 26.9 Å². The first-order valence-electron chi connectivity index (χ1n) is 9.29. The molecule has 0 radical (unpaired) electrons. The number of hydrogen-bond donors (Lipinski definition) is 3. The Bertz CT molecular complexity index is 1280. The maximum Gasteiger partial charge on any atom is 0.417 e. The highest BCUT2D eigenvalue weighted by Gasteiger charge is 2.66. The van der Waals surface area contributed by atoms with Crippen molar-refractivity contribution in [3.8, 4) is 23.5 Å². The number of aromatic nitrogens is 1. The van der Waals surface area contributed by atoms with Crippen molar-refractivity contribution in [1.29, 1.82) is 5.26 Å². The fourth-order valence-electron chi connectivity index (χ4n) is 4.60. The lowest BCUT2D eigenvalue weighted by Crippen LogP contribution is -2.38. The zero-order valence-electron chi connectivity index (χ0n) is 16.8. The third-order valence-electron chi connectivity index (χ3n) is 5.93. The number of nitrogens with two attached hydrogens (primary N) is 1. The maximum absolute atomic E-state index is 13.4. The van der Waals surface area contributed by atoms with Crippen LogP contribution in [0.15, 0.2) is 18.2 Å². The second-order valence-corrected chi connectivity index (χ2v) is 9.67. The number of ether oxygens (including phenoxy) is 1. The van der Waals surface area contributed by atoms with Crippen LogP contribution in [0.5, 0.6) is 11.8 Å². The Morgan fingerprint density at radius 3 is 2.50 bits per heavy atom. The molecule has 2 unspecified atom stereocenters. The molecule has 0 amide bonds. The zero-order chi connectivity index (χ0) is 23.9. The van der Waals surface area contributed by atoms with E-state index >= 15 is 0 Å². The highest BCUT2D eigenvalue weighted by Crippen LogP contribution is 2.65. The first-order valence-corrected chi connectivity index (χ1v) is 10.9. The van der Waals surface area contributed by atoms with Gasteiger partial charge in [-0.25, -0.2) is 0 Å². The number of fused-ring (bicyclic) bond motifs is 5. The number of hydrogen-bond acceptors (Lipinski definition) is 8. The van der Waals surface area contributed by atoms with Crippen LogP contribution < -0.4 is 5.73 Å². The lowest BCUT2D eigenvalue weighted by molar-refractivity contribution is -0.137. The van der Waals surface area contributed by atoms with Gasteiger partial charge in [0.15, 0.2) is 0 Å². The van der Waals surface area contributed by atoms with Gasteiger partial charge in [0, 0.05) is 6.42 Å². The van der Waals surface area contributed by atoms with Gasteiger partial charge in [-0.05, 0) is 32.0 Å². The summed E-state index contributed by atoms with van der Waals surface area (Å²) in [5, 5.41) is 30.8. The Morgan fingerprint density at radius 2 is 1.94 bits per heavy atom. The zero-order valence-corrected chi connectivity index (χ0v) is 17.6. The van der Waals surface area contributed by atoms with Crippen LogP contribution in [-0.2, 0) is 36.4 Å². The Hall–Kier alpha value is -2.79. The van der Waals surface area contributed by atoms with Crippen LogP contribution in [0.1, 0.15) is 42.5 Å². The van der Waals surface area contributed by atoms with E-state index < -0.39 is 62.4 Å². The number of halogens is 3. The van der Waals surface area contributed by atoms with Gasteiger partial charge in [0.25, 0.3) is 10.1 Å². The summed E-state index contributed by atoms with van der Waals surface area (Å²) in [7, 11) is -4.10. The van der Waals surface area contributed by atoms with Gasteiger partial charge in [0.2, 0.25) is 11.8 Å². The summed E-state index contributed by atoms with van der Waals surface area (Å²) in [4.78, 5) is 0. The van der Waals surface area contributed by atoms with Gasteiger partial charge >= 0.3 is 6.18 Å². The van der Waals surface area contributed by atoms with Crippen molar-refractivity contribution < 1.29 is 40.7 Å². The SMILES string of the molecule is CC12C[C@@H](OS(=O)(=O)CN)C(C)(O1)c1c2c(O)n(-c2ccc(C#N)c(C(F)(F)F)c2)c1O. The molecule has 1 saturated heterocycles.